The highest BCUT2D eigenvalue weighted by molar-refractivity contribution is 5.62. The average molecular weight is 295 g/mol. The number of nitrogens with one attached hydrogen (secondary N) is 1. The molecule has 3 nitrogen and oxygen atoms in total. The van der Waals surface area contributed by atoms with Crippen molar-refractivity contribution in [3.05, 3.63) is 65.0 Å². The van der Waals surface area contributed by atoms with Gasteiger partial charge in [-0.25, -0.2) is 4.39 Å². The number of nitrogens with zero attached hydrogens (tertiary/aromatic N) is 2. The van der Waals surface area contributed by atoms with Crippen molar-refractivity contribution < 1.29 is 4.39 Å². The van der Waals surface area contributed by atoms with Crippen molar-refractivity contribution in [2.75, 3.05) is 31.1 Å². The number of hydrogen-bond donors (Lipinski definition) is 1. The van der Waals surface area contributed by atoms with Crippen LogP contribution in [0, 0.1) is 17.1 Å². The van der Waals surface area contributed by atoms with Crippen molar-refractivity contribution in [1.82, 2.24) is 5.32 Å². The molecule has 112 valence electrons. The average Bonchev–Trinajstić information content (AvgIpc) is 2.58. The zero-order chi connectivity index (χ0) is 15.4. The molecule has 0 aromatic heterocycles. The maximum atomic E-state index is 15.0. The van der Waals surface area contributed by atoms with E-state index < -0.39 is 0 Å². The highest BCUT2D eigenvalue weighted by atomic mass is 19.1. The first-order valence-electron chi connectivity index (χ1n) is 7.50. The normalized spacial score (nSPS) is 14.6. The van der Waals surface area contributed by atoms with Gasteiger partial charge < -0.3 is 10.2 Å². The number of benzene rings is 2. The van der Waals surface area contributed by atoms with E-state index in [-0.39, 0.29) is 5.82 Å². The lowest BCUT2D eigenvalue weighted by Crippen LogP contribution is -2.44. The Hall–Kier alpha value is -2.38. The molecular weight excluding hydrogens is 277 g/mol. The molecule has 3 rings (SSSR count). The molecule has 4 heteroatoms. The fraction of sp³-hybridized carbons (Fsp3) is 0.278. The Morgan fingerprint density at radius 3 is 2.50 bits per heavy atom. The lowest BCUT2D eigenvalue weighted by molar-refractivity contribution is 0.561. The molecule has 1 heterocycles. The van der Waals surface area contributed by atoms with Gasteiger partial charge in [-0.15, -0.1) is 0 Å². The van der Waals surface area contributed by atoms with E-state index in [2.05, 4.69) is 11.4 Å². The first-order valence-corrected chi connectivity index (χ1v) is 7.50. The Bertz CT molecular complexity index is 685. The monoisotopic (exact) mass is 295 g/mol. The van der Waals surface area contributed by atoms with Gasteiger partial charge in [0.25, 0.3) is 0 Å². The molecule has 0 bridgehead atoms. The second-order valence-electron chi connectivity index (χ2n) is 5.45. The van der Waals surface area contributed by atoms with Gasteiger partial charge in [-0.3, -0.25) is 0 Å². The quantitative estimate of drug-likeness (QED) is 0.946. The smallest absolute Gasteiger partial charge is 0.151 e. The second kappa shape index (κ2) is 6.59. The predicted molar refractivity (Wildman–Crippen MR) is 85.4 cm³/mol. The van der Waals surface area contributed by atoms with Crippen LogP contribution in [-0.4, -0.2) is 26.2 Å². The molecule has 1 saturated heterocycles. The lowest BCUT2D eigenvalue weighted by Gasteiger charge is -2.31. The minimum atomic E-state index is -0.259. The van der Waals surface area contributed by atoms with Gasteiger partial charge in [-0.2, -0.15) is 5.26 Å². The Kier molecular flexibility index (Phi) is 4.36. The standard InChI is InChI=1S/C18H18FN3/c19-17-15(12-14-4-2-1-3-5-14)6-7-16(13-20)18(17)22-10-8-21-9-11-22/h1-7,21H,8-12H2. The largest absolute Gasteiger partial charge is 0.366 e. The van der Waals surface area contributed by atoms with E-state index >= 15 is 0 Å². The van der Waals surface area contributed by atoms with Crippen molar-refractivity contribution in [3.63, 3.8) is 0 Å². The van der Waals surface area contributed by atoms with E-state index in [4.69, 9.17) is 0 Å². The topological polar surface area (TPSA) is 39.1 Å². The molecule has 1 aliphatic heterocycles. The summed E-state index contributed by atoms with van der Waals surface area (Å²) >= 11 is 0. The van der Waals surface area contributed by atoms with E-state index in [9.17, 15) is 9.65 Å². The highest BCUT2D eigenvalue weighted by Gasteiger charge is 2.21. The maximum Gasteiger partial charge on any atom is 0.151 e. The summed E-state index contributed by atoms with van der Waals surface area (Å²) < 4.78 is 15.0. The molecule has 0 aliphatic carbocycles. The van der Waals surface area contributed by atoms with Crippen LogP contribution in [-0.2, 0) is 6.42 Å². The fourth-order valence-electron chi connectivity index (χ4n) is 2.85. The van der Waals surface area contributed by atoms with Crippen LogP contribution >= 0.6 is 0 Å². The second-order valence-corrected chi connectivity index (χ2v) is 5.45. The Balaban J connectivity index is 1.97. The van der Waals surface area contributed by atoms with Crippen LogP contribution in [0.1, 0.15) is 16.7 Å². The molecule has 0 amide bonds. The number of nitriles is 1. The summed E-state index contributed by atoms with van der Waals surface area (Å²) in [5.41, 5.74) is 2.57. The predicted octanol–water partition coefficient (Wildman–Crippen LogP) is 2.70. The van der Waals surface area contributed by atoms with E-state index in [0.29, 0.717) is 23.2 Å². The fourth-order valence-corrected chi connectivity index (χ4v) is 2.85. The first-order chi connectivity index (χ1) is 10.8. The number of piperazine rings is 1. The Labute approximate surface area is 130 Å². The molecule has 0 saturated carbocycles. The SMILES string of the molecule is N#Cc1ccc(Cc2ccccc2)c(F)c1N1CCNCC1. The van der Waals surface area contributed by atoms with Crippen molar-refractivity contribution in [2.24, 2.45) is 0 Å². The molecular formula is C18H18FN3. The van der Waals surface area contributed by atoms with Gasteiger partial charge in [-0.1, -0.05) is 36.4 Å². The lowest BCUT2D eigenvalue weighted by atomic mass is 10.0. The van der Waals surface area contributed by atoms with Gasteiger partial charge in [0.2, 0.25) is 0 Å². The molecule has 2 aromatic rings. The van der Waals surface area contributed by atoms with Gasteiger partial charge in [0.05, 0.1) is 11.3 Å². The molecule has 0 radical (unpaired) electrons. The van der Waals surface area contributed by atoms with Gasteiger partial charge in [0, 0.05) is 32.6 Å². The zero-order valence-corrected chi connectivity index (χ0v) is 12.3. The summed E-state index contributed by atoms with van der Waals surface area (Å²) in [6, 6.07) is 15.4. The first kappa shape index (κ1) is 14.6. The van der Waals surface area contributed by atoms with Crippen LogP contribution in [0.4, 0.5) is 10.1 Å². The van der Waals surface area contributed by atoms with Crippen LogP contribution in [0.5, 0.6) is 0 Å². The molecule has 0 unspecified atom stereocenters. The van der Waals surface area contributed by atoms with E-state index in [1.54, 1.807) is 12.1 Å². The van der Waals surface area contributed by atoms with Crippen molar-refractivity contribution in [2.45, 2.75) is 6.42 Å². The summed E-state index contributed by atoms with van der Waals surface area (Å²) in [6.07, 6.45) is 0.539. The molecule has 1 fully saturated rings. The van der Waals surface area contributed by atoms with Gasteiger partial charge in [-0.05, 0) is 17.2 Å². The third-order valence-corrected chi connectivity index (χ3v) is 3.99. The molecule has 0 atom stereocenters. The molecule has 0 spiro atoms. The third kappa shape index (κ3) is 2.95. The van der Waals surface area contributed by atoms with E-state index in [1.807, 2.05) is 35.2 Å². The van der Waals surface area contributed by atoms with Gasteiger partial charge >= 0.3 is 0 Å². The Morgan fingerprint density at radius 1 is 1.09 bits per heavy atom. The zero-order valence-electron chi connectivity index (χ0n) is 12.3. The van der Waals surface area contributed by atoms with Crippen molar-refractivity contribution >= 4 is 5.69 Å². The highest BCUT2D eigenvalue weighted by Crippen LogP contribution is 2.28. The number of anilines is 1. The summed E-state index contributed by atoms with van der Waals surface area (Å²) in [7, 11) is 0. The van der Waals surface area contributed by atoms with Crippen LogP contribution in [0.15, 0.2) is 42.5 Å². The van der Waals surface area contributed by atoms with Crippen molar-refractivity contribution in [1.29, 1.82) is 5.26 Å². The van der Waals surface area contributed by atoms with Crippen LogP contribution in [0.3, 0.4) is 0 Å². The number of hydrogen-bond acceptors (Lipinski definition) is 3. The number of halogens is 1. The third-order valence-electron chi connectivity index (χ3n) is 3.99. The molecule has 2 aromatic carbocycles. The molecule has 1 N–H and O–H groups in total. The molecule has 22 heavy (non-hydrogen) atoms. The van der Waals surface area contributed by atoms with Gasteiger partial charge in [0.1, 0.15) is 6.07 Å². The van der Waals surface area contributed by atoms with E-state index in [1.165, 1.54) is 0 Å². The van der Waals surface area contributed by atoms with Crippen LogP contribution in [0.2, 0.25) is 0 Å². The van der Waals surface area contributed by atoms with Crippen LogP contribution in [0.25, 0.3) is 0 Å². The summed E-state index contributed by atoms with van der Waals surface area (Å²) in [5.74, 6) is -0.259. The molecule has 1 aliphatic rings. The number of rotatable bonds is 3. The van der Waals surface area contributed by atoms with Crippen molar-refractivity contribution in [3.8, 4) is 6.07 Å². The van der Waals surface area contributed by atoms with Crippen LogP contribution < -0.4 is 10.2 Å². The summed E-state index contributed by atoms with van der Waals surface area (Å²) in [4.78, 5) is 1.97. The Morgan fingerprint density at radius 2 is 1.82 bits per heavy atom. The minimum absolute atomic E-state index is 0.259. The van der Waals surface area contributed by atoms with Gasteiger partial charge in [0.15, 0.2) is 5.82 Å². The summed E-state index contributed by atoms with van der Waals surface area (Å²) in [5, 5.41) is 12.5. The minimum Gasteiger partial charge on any atom is -0.366 e. The van der Waals surface area contributed by atoms with E-state index in [0.717, 1.165) is 31.7 Å². The summed E-state index contributed by atoms with van der Waals surface area (Å²) in [6.45, 7) is 3.07. The maximum absolute atomic E-state index is 15.0.